The smallest absolute Gasteiger partial charge is 0.129 e. The maximum atomic E-state index is 13.7. The molecule has 1 N–H and O–H groups in total. The predicted molar refractivity (Wildman–Crippen MR) is 75.3 cm³/mol. The van der Waals surface area contributed by atoms with Gasteiger partial charge in [-0.25, -0.2) is 4.39 Å². The molecular weight excluding hydrogens is 241 g/mol. The first-order valence-electron chi connectivity index (χ1n) is 6.73. The van der Waals surface area contributed by atoms with Gasteiger partial charge < -0.3 is 4.90 Å². The lowest BCUT2D eigenvalue weighted by molar-refractivity contribution is 0.300. The van der Waals surface area contributed by atoms with E-state index in [2.05, 4.69) is 30.1 Å². The second kappa shape index (κ2) is 7.88. The first-order valence-corrected chi connectivity index (χ1v) is 6.73. The van der Waals surface area contributed by atoms with E-state index in [9.17, 15) is 9.65 Å². The van der Waals surface area contributed by atoms with E-state index in [0.29, 0.717) is 12.1 Å². The standard InChI is InChI=1S/C15H22FN3/c1-4-19(5-2)9-8-18-15(11-17)13-10-12(3)6-7-14(13)16/h6-7,10,15,18H,4-5,8-9H2,1-3H3. The van der Waals surface area contributed by atoms with Gasteiger partial charge in [0.15, 0.2) is 0 Å². The van der Waals surface area contributed by atoms with Crippen molar-refractivity contribution < 1.29 is 4.39 Å². The van der Waals surface area contributed by atoms with Crippen molar-refractivity contribution >= 4 is 0 Å². The summed E-state index contributed by atoms with van der Waals surface area (Å²) in [5, 5.41) is 12.3. The van der Waals surface area contributed by atoms with Crippen LogP contribution in [0.25, 0.3) is 0 Å². The van der Waals surface area contributed by atoms with E-state index in [1.165, 1.54) is 6.07 Å². The van der Waals surface area contributed by atoms with Gasteiger partial charge in [0, 0.05) is 18.7 Å². The quantitative estimate of drug-likeness (QED) is 0.822. The van der Waals surface area contributed by atoms with Crippen LogP contribution in [-0.2, 0) is 0 Å². The van der Waals surface area contributed by atoms with Gasteiger partial charge in [-0.3, -0.25) is 5.32 Å². The van der Waals surface area contributed by atoms with E-state index in [1.807, 2.05) is 6.92 Å². The summed E-state index contributed by atoms with van der Waals surface area (Å²) in [6, 6.07) is 6.40. The number of rotatable bonds is 7. The number of aryl methyl sites for hydroxylation is 1. The largest absolute Gasteiger partial charge is 0.303 e. The lowest BCUT2D eigenvalue weighted by Crippen LogP contribution is -2.33. The molecule has 0 aliphatic rings. The van der Waals surface area contributed by atoms with E-state index < -0.39 is 6.04 Å². The molecule has 0 aromatic heterocycles. The van der Waals surface area contributed by atoms with Crippen molar-refractivity contribution in [1.29, 1.82) is 5.26 Å². The molecule has 0 bridgehead atoms. The molecule has 0 saturated carbocycles. The summed E-state index contributed by atoms with van der Waals surface area (Å²) in [4.78, 5) is 2.26. The lowest BCUT2D eigenvalue weighted by Gasteiger charge is -2.20. The van der Waals surface area contributed by atoms with Gasteiger partial charge in [-0.1, -0.05) is 31.5 Å². The minimum Gasteiger partial charge on any atom is -0.303 e. The molecule has 19 heavy (non-hydrogen) atoms. The van der Waals surface area contributed by atoms with Crippen molar-refractivity contribution in [3.63, 3.8) is 0 Å². The van der Waals surface area contributed by atoms with Gasteiger partial charge in [0.05, 0.1) is 6.07 Å². The monoisotopic (exact) mass is 263 g/mol. The second-order valence-corrected chi connectivity index (χ2v) is 4.57. The molecule has 0 amide bonds. The number of likely N-dealkylation sites (N-methyl/N-ethyl adjacent to an activating group) is 1. The normalized spacial score (nSPS) is 12.4. The fourth-order valence-electron chi connectivity index (χ4n) is 2.02. The molecule has 1 atom stereocenters. The zero-order chi connectivity index (χ0) is 14.3. The first-order chi connectivity index (χ1) is 9.12. The summed E-state index contributed by atoms with van der Waals surface area (Å²) in [6.45, 7) is 9.60. The van der Waals surface area contributed by atoms with Crippen molar-refractivity contribution in [1.82, 2.24) is 10.2 Å². The Hall–Kier alpha value is -1.44. The highest BCUT2D eigenvalue weighted by atomic mass is 19.1. The highest BCUT2D eigenvalue weighted by Crippen LogP contribution is 2.17. The van der Waals surface area contributed by atoms with Crippen LogP contribution < -0.4 is 5.32 Å². The Morgan fingerprint density at radius 2 is 2.05 bits per heavy atom. The molecule has 4 heteroatoms. The highest BCUT2D eigenvalue weighted by molar-refractivity contribution is 5.30. The summed E-state index contributed by atoms with van der Waals surface area (Å²) in [5.74, 6) is -0.326. The van der Waals surface area contributed by atoms with E-state index in [1.54, 1.807) is 12.1 Å². The molecule has 0 spiro atoms. The van der Waals surface area contributed by atoms with Gasteiger partial charge in [0.1, 0.15) is 11.9 Å². The number of benzene rings is 1. The minimum atomic E-state index is -0.588. The molecule has 1 aromatic carbocycles. The Bertz CT molecular complexity index is 436. The van der Waals surface area contributed by atoms with Crippen molar-refractivity contribution in [2.75, 3.05) is 26.2 Å². The van der Waals surface area contributed by atoms with Gasteiger partial charge in [0.2, 0.25) is 0 Å². The Morgan fingerprint density at radius 3 is 2.63 bits per heavy atom. The van der Waals surface area contributed by atoms with Gasteiger partial charge in [-0.05, 0) is 26.1 Å². The maximum Gasteiger partial charge on any atom is 0.129 e. The molecule has 3 nitrogen and oxygen atoms in total. The van der Waals surface area contributed by atoms with Crippen LogP contribution in [0.3, 0.4) is 0 Å². The fourth-order valence-corrected chi connectivity index (χ4v) is 2.02. The molecule has 1 rings (SSSR count). The van der Waals surface area contributed by atoms with E-state index in [0.717, 1.165) is 25.2 Å². The zero-order valence-corrected chi connectivity index (χ0v) is 11.9. The summed E-state index contributed by atoms with van der Waals surface area (Å²) in [5.41, 5.74) is 1.39. The third kappa shape index (κ3) is 4.62. The molecule has 0 aliphatic carbocycles. The second-order valence-electron chi connectivity index (χ2n) is 4.57. The molecule has 0 radical (unpaired) electrons. The summed E-state index contributed by atoms with van der Waals surface area (Å²) in [7, 11) is 0. The van der Waals surface area contributed by atoms with Gasteiger partial charge in [0.25, 0.3) is 0 Å². The van der Waals surface area contributed by atoms with Gasteiger partial charge in [-0.15, -0.1) is 0 Å². The third-order valence-corrected chi connectivity index (χ3v) is 3.26. The molecule has 1 aromatic rings. The number of halogens is 1. The van der Waals surface area contributed by atoms with Crippen molar-refractivity contribution in [3.8, 4) is 6.07 Å². The number of hydrogen-bond acceptors (Lipinski definition) is 3. The van der Waals surface area contributed by atoms with Crippen LogP contribution in [-0.4, -0.2) is 31.1 Å². The number of nitrogens with one attached hydrogen (secondary N) is 1. The van der Waals surface area contributed by atoms with Crippen LogP contribution in [0.4, 0.5) is 4.39 Å². The highest BCUT2D eigenvalue weighted by Gasteiger charge is 2.14. The average molecular weight is 263 g/mol. The number of nitrogens with zero attached hydrogens (tertiary/aromatic N) is 2. The van der Waals surface area contributed by atoms with Crippen molar-refractivity contribution in [2.45, 2.75) is 26.8 Å². The Morgan fingerprint density at radius 1 is 1.37 bits per heavy atom. The SMILES string of the molecule is CCN(CC)CCNC(C#N)c1cc(C)ccc1F. The van der Waals surface area contributed by atoms with Crippen LogP contribution in [0.1, 0.15) is 31.0 Å². The Balaban J connectivity index is 2.64. The average Bonchev–Trinajstić information content (AvgIpc) is 2.42. The molecule has 0 saturated heterocycles. The first kappa shape index (κ1) is 15.6. The van der Waals surface area contributed by atoms with Crippen molar-refractivity contribution in [2.24, 2.45) is 0 Å². The van der Waals surface area contributed by atoms with Crippen LogP contribution in [0.2, 0.25) is 0 Å². The molecule has 104 valence electrons. The van der Waals surface area contributed by atoms with Gasteiger partial charge in [-0.2, -0.15) is 5.26 Å². The predicted octanol–water partition coefficient (Wildman–Crippen LogP) is 2.63. The number of nitriles is 1. The zero-order valence-electron chi connectivity index (χ0n) is 11.9. The van der Waals surface area contributed by atoms with Gasteiger partial charge >= 0.3 is 0 Å². The molecule has 0 aliphatic heterocycles. The van der Waals surface area contributed by atoms with Crippen LogP contribution in [0.5, 0.6) is 0 Å². The molecule has 0 heterocycles. The Kier molecular flexibility index (Phi) is 6.48. The lowest BCUT2D eigenvalue weighted by atomic mass is 10.0. The molecular formula is C15H22FN3. The molecule has 1 unspecified atom stereocenters. The number of hydrogen-bond donors (Lipinski definition) is 1. The fraction of sp³-hybridized carbons (Fsp3) is 0.533. The van der Waals surface area contributed by atoms with Crippen LogP contribution in [0, 0.1) is 24.1 Å². The van der Waals surface area contributed by atoms with E-state index >= 15 is 0 Å². The summed E-state index contributed by atoms with van der Waals surface area (Å²) >= 11 is 0. The van der Waals surface area contributed by atoms with E-state index in [4.69, 9.17) is 0 Å². The third-order valence-electron chi connectivity index (χ3n) is 3.26. The molecule has 0 fully saturated rings. The van der Waals surface area contributed by atoms with E-state index in [-0.39, 0.29) is 5.82 Å². The summed E-state index contributed by atoms with van der Waals surface area (Å²) < 4.78 is 13.7. The summed E-state index contributed by atoms with van der Waals surface area (Å²) in [6.07, 6.45) is 0. The maximum absolute atomic E-state index is 13.7. The van der Waals surface area contributed by atoms with Crippen molar-refractivity contribution in [3.05, 3.63) is 35.1 Å². The topological polar surface area (TPSA) is 39.1 Å². The van der Waals surface area contributed by atoms with Crippen LogP contribution >= 0.6 is 0 Å². The minimum absolute atomic E-state index is 0.326. The Labute approximate surface area is 115 Å². The van der Waals surface area contributed by atoms with Crippen LogP contribution in [0.15, 0.2) is 18.2 Å².